The predicted molar refractivity (Wildman–Crippen MR) is 77.0 cm³/mol. The molecule has 1 rings (SSSR count). The van der Waals surface area contributed by atoms with Crippen LogP contribution in [0.5, 0.6) is 0 Å². The molecule has 0 saturated carbocycles. The van der Waals surface area contributed by atoms with Crippen molar-refractivity contribution in [3.63, 3.8) is 0 Å². The second-order valence-electron chi connectivity index (χ2n) is 4.19. The summed E-state index contributed by atoms with van der Waals surface area (Å²) in [5, 5.41) is 7.04. The van der Waals surface area contributed by atoms with E-state index in [0.717, 1.165) is 6.54 Å². The Morgan fingerprint density at radius 3 is 2.95 bits per heavy atom. The molecule has 7 nitrogen and oxygen atoms in total. The fourth-order valence-electron chi connectivity index (χ4n) is 1.62. The lowest BCUT2D eigenvalue weighted by Crippen LogP contribution is -2.34. The van der Waals surface area contributed by atoms with Crippen molar-refractivity contribution in [1.29, 1.82) is 0 Å². The third-order valence-corrected chi connectivity index (χ3v) is 4.53. The Labute approximate surface area is 120 Å². The number of ether oxygens (including phenoxy) is 1. The molecule has 1 heterocycles. The normalized spacial score (nSPS) is 11.9. The van der Waals surface area contributed by atoms with Crippen molar-refractivity contribution in [2.45, 2.75) is 11.4 Å². The number of rotatable bonds is 10. The van der Waals surface area contributed by atoms with E-state index < -0.39 is 10.0 Å². The van der Waals surface area contributed by atoms with Crippen LogP contribution in [0.25, 0.3) is 0 Å². The molecule has 0 unspecified atom stereocenters. The molecular weight excluding hydrogens is 280 g/mol. The van der Waals surface area contributed by atoms with Crippen LogP contribution in [0.2, 0.25) is 0 Å². The first-order chi connectivity index (χ1) is 9.56. The Morgan fingerprint density at radius 2 is 2.35 bits per heavy atom. The van der Waals surface area contributed by atoms with Gasteiger partial charge in [-0.3, -0.25) is 4.68 Å². The van der Waals surface area contributed by atoms with E-state index in [0.29, 0.717) is 13.2 Å². The zero-order valence-corrected chi connectivity index (χ0v) is 12.8. The largest absolute Gasteiger partial charge is 0.383 e. The summed E-state index contributed by atoms with van der Waals surface area (Å²) in [7, 11) is -0.194. The first-order valence-corrected chi connectivity index (χ1v) is 7.77. The maximum absolute atomic E-state index is 12.5. The molecule has 0 aliphatic carbocycles. The first-order valence-electron chi connectivity index (χ1n) is 6.33. The summed E-state index contributed by atoms with van der Waals surface area (Å²) in [6.45, 7) is 5.79. The van der Waals surface area contributed by atoms with Gasteiger partial charge in [0, 0.05) is 32.9 Å². The predicted octanol–water partition coefficient (Wildman–Crippen LogP) is -0.0744. The van der Waals surface area contributed by atoms with E-state index in [1.165, 1.54) is 23.8 Å². The molecule has 0 aliphatic rings. The standard InChI is InChI=1S/C12H22N4O3S/c1-4-6-16(8-9-19-3)20(17,18)12-10-14-15(11-12)7-5-13-2/h4,10-11,13H,1,5-9H2,2-3H3. The number of nitrogens with one attached hydrogen (secondary N) is 1. The summed E-state index contributed by atoms with van der Waals surface area (Å²) in [6.07, 6.45) is 4.46. The molecule has 0 bridgehead atoms. The lowest BCUT2D eigenvalue weighted by Gasteiger charge is -2.19. The van der Waals surface area contributed by atoms with Crippen molar-refractivity contribution >= 4 is 10.0 Å². The van der Waals surface area contributed by atoms with Crippen LogP contribution in [0.1, 0.15) is 0 Å². The highest BCUT2D eigenvalue weighted by Gasteiger charge is 2.24. The molecule has 114 valence electrons. The molecule has 0 amide bonds. The maximum Gasteiger partial charge on any atom is 0.246 e. The van der Waals surface area contributed by atoms with Crippen LogP contribution in [0, 0.1) is 0 Å². The molecule has 8 heteroatoms. The molecule has 1 aromatic rings. The van der Waals surface area contributed by atoms with Crippen LogP contribution < -0.4 is 5.32 Å². The SMILES string of the molecule is C=CCN(CCOC)S(=O)(=O)c1cnn(CCNC)c1. The Morgan fingerprint density at radius 1 is 1.60 bits per heavy atom. The Kier molecular flexibility index (Phi) is 6.86. The van der Waals surface area contributed by atoms with Gasteiger partial charge in [0.1, 0.15) is 4.90 Å². The summed E-state index contributed by atoms with van der Waals surface area (Å²) in [5.74, 6) is 0. The summed E-state index contributed by atoms with van der Waals surface area (Å²) < 4.78 is 32.8. The van der Waals surface area contributed by atoms with Gasteiger partial charge in [0.2, 0.25) is 10.0 Å². The molecule has 0 fully saturated rings. The van der Waals surface area contributed by atoms with Crippen molar-refractivity contribution in [1.82, 2.24) is 19.4 Å². The monoisotopic (exact) mass is 302 g/mol. The zero-order valence-electron chi connectivity index (χ0n) is 11.9. The summed E-state index contributed by atoms with van der Waals surface area (Å²) in [5.41, 5.74) is 0. The molecule has 0 aliphatic heterocycles. The van der Waals surface area contributed by atoms with Gasteiger partial charge < -0.3 is 10.1 Å². The summed E-state index contributed by atoms with van der Waals surface area (Å²) in [4.78, 5) is 0.187. The van der Waals surface area contributed by atoms with E-state index in [1.54, 1.807) is 10.8 Å². The van der Waals surface area contributed by atoms with E-state index in [-0.39, 0.29) is 18.0 Å². The van der Waals surface area contributed by atoms with Crippen molar-refractivity contribution in [2.75, 3.05) is 40.4 Å². The number of nitrogens with zero attached hydrogens (tertiary/aromatic N) is 3. The topological polar surface area (TPSA) is 76.5 Å². The molecule has 20 heavy (non-hydrogen) atoms. The average molecular weight is 302 g/mol. The van der Waals surface area contributed by atoms with Crippen LogP contribution in [-0.4, -0.2) is 62.9 Å². The lowest BCUT2D eigenvalue weighted by molar-refractivity contribution is 0.182. The van der Waals surface area contributed by atoms with Gasteiger partial charge in [0.15, 0.2) is 0 Å². The van der Waals surface area contributed by atoms with Crippen LogP contribution in [0.4, 0.5) is 0 Å². The van der Waals surface area contributed by atoms with E-state index in [2.05, 4.69) is 17.0 Å². The van der Waals surface area contributed by atoms with Crippen molar-refractivity contribution in [3.8, 4) is 0 Å². The smallest absolute Gasteiger partial charge is 0.246 e. The molecule has 0 spiro atoms. The highest BCUT2D eigenvalue weighted by atomic mass is 32.2. The van der Waals surface area contributed by atoms with Crippen molar-refractivity contribution in [2.24, 2.45) is 0 Å². The van der Waals surface area contributed by atoms with Gasteiger partial charge in [0.05, 0.1) is 19.3 Å². The van der Waals surface area contributed by atoms with Gasteiger partial charge in [-0.05, 0) is 7.05 Å². The van der Waals surface area contributed by atoms with Crippen molar-refractivity contribution < 1.29 is 13.2 Å². The van der Waals surface area contributed by atoms with Gasteiger partial charge in [-0.1, -0.05) is 6.08 Å². The van der Waals surface area contributed by atoms with Crippen LogP contribution >= 0.6 is 0 Å². The fraction of sp³-hybridized carbons (Fsp3) is 0.583. The second-order valence-corrected chi connectivity index (χ2v) is 6.13. The Hall–Kier alpha value is -1.22. The second kappa shape index (κ2) is 8.15. The number of hydrogen-bond donors (Lipinski definition) is 1. The third-order valence-electron chi connectivity index (χ3n) is 2.72. The lowest BCUT2D eigenvalue weighted by atomic mass is 10.6. The molecule has 0 aromatic carbocycles. The molecule has 1 N–H and O–H groups in total. The number of hydrogen-bond acceptors (Lipinski definition) is 5. The first kappa shape index (κ1) is 16.8. The molecule has 0 atom stereocenters. The summed E-state index contributed by atoms with van der Waals surface area (Å²) in [6, 6.07) is 0. The van der Waals surface area contributed by atoms with E-state index in [1.807, 2.05) is 7.05 Å². The minimum Gasteiger partial charge on any atom is -0.383 e. The van der Waals surface area contributed by atoms with Gasteiger partial charge >= 0.3 is 0 Å². The van der Waals surface area contributed by atoms with Gasteiger partial charge in [-0.15, -0.1) is 6.58 Å². The van der Waals surface area contributed by atoms with Crippen LogP contribution in [0.3, 0.4) is 0 Å². The average Bonchev–Trinajstić information content (AvgIpc) is 2.90. The van der Waals surface area contributed by atoms with E-state index >= 15 is 0 Å². The summed E-state index contributed by atoms with van der Waals surface area (Å²) >= 11 is 0. The number of methoxy groups -OCH3 is 1. The van der Waals surface area contributed by atoms with Crippen LogP contribution in [-0.2, 0) is 21.3 Å². The highest BCUT2D eigenvalue weighted by Crippen LogP contribution is 2.14. The minimum atomic E-state index is -3.56. The number of aromatic nitrogens is 2. The van der Waals surface area contributed by atoms with Gasteiger partial charge in [0.25, 0.3) is 0 Å². The fourth-order valence-corrected chi connectivity index (χ4v) is 2.97. The number of likely N-dealkylation sites (N-methyl/N-ethyl adjacent to an activating group) is 1. The molecule has 0 saturated heterocycles. The van der Waals surface area contributed by atoms with E-state index in [4.69, 9.17) is 4.74 Å². The van der Waals surface area contributed by atoms with Gasteiger partial charge in [-0.25, -0.2) is 8.42 Å². The maximum atomic E-state index is 12.5. The number of sulfonamides is 1. The highest BCUT2D eigenvalue weighted by molar-refractivity contribution is 7.89. The zero-order chi connectivity index (χ0) is 15.0. The van der Waals surface area contributed by atoms with E-state index in [9.17, 15) is 8.42 Å². The third kappa shape index (κ3) is 4.41. The molecule has 1 aromatic heterocycles. The molecule has 0 radical (unpaired) electrons. The molecular formula is C12H22N4O3S. The van der Waals surface area contributed by atoms with Crippen molar-refractivity contribution in [3.05, 3.63) is 25.0 Å². The minimum absolute atomic E-state index is 0.187. The van der Waals surface area contributed by atoms with Gasteiger partial charge in [-0.2, -0.15) is 9.40 Å². The quantitative estimate of drug-likeness (QED) is 0.612. The Bertz CT molecular complexity index is 513. The van der Waals surface area contributed by atoms with Crippen LogP contribution in [0.15, 0.2) is 29.9 Å². The Balaban J connectivity index is 2.88.